The maximum atomic E-state index is 5.29. The predicted octanol–water partition coefficient (Wildman–Crippen LogP) is 4.21. The molecule has 1 aliphatic rings. The lowest BCUT2D eigenvalue weighted by Crippen LogP contribution is -2.38. The van der Waals surface area contributed by atoms with E-state index in [9.17, 15) is 0 Å². The maximum absolute atomic E-state index is 5.29. The summed E-state index contributed by atoms with van der Waals surface area (Å²) in [4.78, 5) is 13.3. The van der Waals surface area contributed by atoms with Crippen LogP contribution in [0.5, 0.6) is 0 Å². The van der Waals surface area contributed by atoms with Gasteiger partial charge < -0.3 is 15.2 Å². The van der Waals surface area contributed by atoms with E-state index in [2.05, 4.69) is 37.7 Å². The van der Waals surface area contributed by atoms with Gasteiger partial charge in [0.25, 0.3) is 5.89 Å². The number of pyridine rings is 1. The zero-order valence-corrected chi connectivity index (χ0v) is 19.6. The minimum atomic E-state index is 0. The van der Waals surface area contributed by atoms with Crippen molar-refractivity contribution in [2.45, 2.75) is 58.3 Å². The molecule has 0 spiro atoms. The van der Waals surface area contributed by atoms with Crippen LogP contribution in [-0.4, -0.2) is 40.7 Å². The van der Waals surface area contributed by atoms with E-state index in [1.807, 2.05) is 18.2 Å². The van der Waals surface area contributed by atoms with E-state index >= 15 is 0 Å². The molecular formula is C21H33IN6O. The summed E-state index contributed by atoms with van der Waals surface area (Å²) in [5.41, 5.74) is 0.696. The molecular weight excluding hydrogens is 479 g/mol. The van der Waals surface area contributed by atoms with Crippen molar-refractivity contribution in [2.75, 3.05) is 19.6 Å². The molecule has 2 heterocycles. The molecule has 0 amide bonds. The van der Waals surface area contributed by atoms with Crippen molar-refractivity contribution in [2.24, 2.45) is 10.9 Å². The van der Waals surface area contributed by atoms with Crippen LogP contribution in [0.3, 0.4) is 0 Å². The zero-order chi connectivity index (χ0) is 19.4. The van der Waals surface area contributed by atoms with Crippen molar-refractivity contribution in [1.29, 1.82) is 0 Å². The Morgan fingerprint density at radius 3 is 2.83 bits per heavy atom. The zero-order valence-electron chi connectivity index (χ0n) is 17.3. The molecule has 2 aromatic heterocycles. The minimum absolute atomic E-state index is 0. The van der Waals surface area contributed by atoms with Crippen molar-refractivity contribution in [3.8, 4) is 11.6 Å². The molecule has 8 heteroatoms. The molecule has 2 aromatic rings. The first-order valence-corrected chi connectivity index (χ1v) is 10.6. The van der Waals surface area contributed by atoms with Gasteiger partial charge in [-0.25, -0.2) is 0 Å². The molecule has 1 fully saturated rings. The molecule has 0 aromatic carbocycles. The van der Waals surface area contributed by atoms with E-state index in [0.717, 1.165) is 31.4 Å². The Morgan fingerprint density at radius 1 is 1.21 bits per heavy atom. The molecule has 0 saturated heterocycles. The Balaban J connectivity index is 0.00000300. The summed E-state index contributed by atoms with van der Waals surface area (Å²) in [5, 5.41) is 10.7. The fourth-order valence-electron chi connectivity index (χ4n) is 3.62. The molecule has 3 rings (SSSR count). The lowest BCUT2D eigenvalue weighted by molar-refractivity contribution is 0.421. The summed E-state index contributed by atoms with van der Waals surface area (Å²) in [6, 6.07) is 5.62. The van der Waals surface area contributed by atoms with Crippen LogP contribution in [0.1, 0.15) is 57.7 Å². The lowest BCUT2D eigenvalue weighted by Gasteiger charge is -2.11. The van der Waals surface area contributed by atoms with Crippen LogP contribution in [0.2, 0.25) is 0 Å². The number of nitrogens with one attached hydrogen (secondary N) is 2. The van der Waals surface area contributed by atoms with Crippen LogP contribution >= 0.6 is 24.0 Å². The Labute approximate surface area is 190 Å². The Morgan fingerprint density at radius 2 is 2.07 bits per heavy atom. The van der Waals surface area contributed by atoms with E-state index in [1.54, 1.807) is 6.20 Å². The van der Waals surface area contributed by atoms with E-state index in [4.69, 9.17) is 4.52 Å². The quantitative estimate of drug-likeness (QED) is 0.215. The summed E-state index contributed by atoms with van der Waals surface area (Å²) in [7, 11) is 0. The fourth-order valence-corrected chi connectivity index (χ4v) is 3.62. The average Bonchev–Trinajstić information content (AvgIpc) is 3.40. The fraction of sp³-hybridized carbons (Fsp3) is 0.619. The highest BCUT2D eigenvalue weighted by molar-refractivity contribution is 14.0. The first kappa shape index (κ1) is 23.6. The monoisotopic (exact) mass is 512 g/mol. The third-order valence-corrected chi connectivity index (χ3v) is 5.10. The second-order valence-corrected chi connectivity index (χ2v) is 7.31. The van der Waals surface area contributed by atoms with Gasteiger partial charge in [-0.15, -0.1) is 24.0 Å². The second kappa shape index (κ2) is 13.5. The Bertz CT molecular complexity index is 715. The van der Waals surface area contributed by atoms with Crippen LogP contribution in [0.25, 0.3) is 11.6 Å². The number of nitrogens with zero attached hydrogens (tertiary/aromatic N) is 4. The van der Waals surface area contributed by atoms with Gasteiger partial charge in [0.05, 0.1) is 0 Å². The summed E-state index contributed by atoms with van der Waals surface area (Å²) < 4.78 is 5.29. The van der Waals surface area contributed by atoms with Gasteiger partial charge in [0.15, 0.2) is 11.8 Å². The number of unbranched alkanes of at least 4 members (excludes halogenated alkanes) is 1. The van der Waals surface area contributed by atoms with Crippen molar-refractivity contribution in [3.63, 3.8) is 0 Å². The highest BCUT2D eigenvalue weighted by Crippen LogP contribution is 2.28. The van der Waals surface area contributed by atoms with Gasteiger partial charge in [-0.1, -0.05) is 49.7 Å². The standard InChI is InChI=1S/C21H32N6O.HI/c1-2-22-21(24-15-7-5-11-17-9-3-4-10-17)25-16-13-19-26-20(28-27-19)18-12-6-8-14-23-18;/h6,8,12,14,17H,2-5,7,9-11,13,15-16H2,1H3,(H2,22,24,25);1H. The molecule has 29 heavy (non-hydrogen) atoms. The van der Waals surface area contributed by atoms with Crippen molar-refractivity contribution in [3.05, 3.63) is 30.2 Å². The summed E-state index contributed by atoms with van der Waals surface area (Å²) in [6.45, 7) is 4.50. The molecule has 7 nitrogen and oxygen atoms in total. The minimum Gasteiger partial charge on any atom is -0.357 e. The largest absolute Gasteiger partial charge is 0.357 e. The predicted molar refractivity (Wildman–Crippen MR) is 126 cm³/mol. The van der Waals surface area contributed by atoms with Crippen molar-refractivity contribution in [1.82, 2.24) is 25.8 Å². The highest BCUT2D eigenvalue weighted by atomic mass is 127. The van der Waals surface area contributed by atoms with E-state index in [1.165, 1.54) is 38.5 Å². The van der Waals surface area contributed by atoms with Crippen LogP contribution in [-0.2, 0) is 6.42 Å². The van der Waals surface area contributed by atoms with E-state index < -0.39 is 0 Å². The van der Waals surface area contributed by atoms with E-state index in [0.29, 0.717) is 30.4 Å². The maximum Gasteiger partial charge on any atom is 0.276 e. The second-order valence-electron chi connectivity index (χ2n) is 7.31. The number of halogens is 1. The summed E-state index contributed by atoms with van der Waals surface area (Å²) in [5.74, 6) is 2.96. The lowest BCUT2D eigenvalue weighted by atomic mass is 10.0. The number of hydrogen-bond acceptors (Lipinski definition) is 5. The number of aliphatic imine (C=N–C) groups is 1. The number of guanidine groups is 1. The topological polar surface area (TPSA) is 88.2 Å². The molecule has 0 aliphatic heterocycles. The highest BCUT2D eigenvalue weighted by Gasteiger charge is 2.14. The third-order valence-electron chi connectivity index (χ3n) is 5.10. The summed E-state index contributed by atoms with van der Waals surface area (Å²) >= 11 is 0. The summed E-state index contributed by atoms with van der Waals surface area (Å²) in [6.07, 6.45) is 11.9. The molecule has 0 radical (unpaired) electrons. The SMILES string of the molecule is CCNC(=NCCCCC1CCCC1)NCCc1noc(-c2ccccn2)n1.I. The molecule has 160 valence electrons. The van der Waals surface area contributed by atoms with Gasteiger partial charge in [-0.2, -0.15) is 4.98 Å². The molecule has 1 aliphatic carbocycles. The van der Waals surface area contributed by atoms with Crippen LogP contribution < -0.4 is 10.6 Å². The number of hydrogen-bond donors (Lipinski definition) is 2. The van der Waals surface area contributed by atoms with Gasteiger partial charge in [0, 0.05) is 32.3 Å². The van der Waals surface area contributed by atoms with Crippen LogP contribution in [0.4, 0.5) is 0 Å². The van der Waals surface area contributed by atoms with Crippen molar-refractivity contribution < 1.29 is 4.52 Å². The number of rotatable bonds is 10. The van der Waals surface area contributed by atoms with Gasteiger partial charge in [0.1, 0.15) is 5.69 Å². The third kappa shape index (κ3) is 8.28. The van der Waals surface area contributed by atoms with Crippen molar-refractivity contribution >= 4 is 29.9 Å². The average molecular weight is 512 g/mol. The molecule has 2 N–H and O–H groups in total. The Kier molecular flexibility index (Phi) is 11.0. The normalized spacial score (nSPS) is 14.6. The van der Waals surface area contributed by atoms with Crippen LogP contribution in [0.15, 0.2) is 33.9 Å². The first-order chi connectivity index (χ1) is 13.8. The van der Waals surface area contributed by atoms with E-state index in [-0.39, 0.29) is 24.0 Å². The van der Waals surface area contributed by atoms with Gasteiger partial charge in [-0.05, 0) is 31.4 Å². The van der Waals surface area contributed by atoms with Gasteiger partial charge >= 0.3 is 0 Å². The molecule has 0 atom stereocenters. The number of aromatic nitrogens is 3. The van der Waals surface area contributed by atoms with Gasteiger partial charge in [-0.3, -0.25) is 9.98 Å². The van der Waals surface area contributed by atoms with Crippen LogP contribution in [0, 0.1) is 5.92 Å². The smallest absolute Gasteiger partial charge is 0.276 e. The Hall–Kier alpha value is -1.71. The molecule has 1 saturated carbocycles. The van der Waals surface area contributed by atoms with Gasteiger partial charge in [0.2, 0.25) is 0 Å². The molecule has 0 unspecified atom stereocenters. The molecule has 0 bridgehead atoms. The first-order valence-electron chi connectivity index (χ1n) is 10.6.